The molecule has 2 N–H and O–H groups in total. The zero-order chi connectivity index (χ0) is 13.3. The normalized spacial score (nSPS) is 12.7. The molecule has 5 nitrogen and oxygen atoms in total. The van der Waals surface area contributed by atoms with Crippen LogP contribution in [0.1, 0.15) is 31.9 Å². The number of benzene rings is 1. The minimum Gasteiger partial charge on any atom is -0.398 e. The molecule has 0 aliphatic rings. The molecule has 0 spiro atoms. The van der Waals surface area contributed by atoms with Crippen LogP contribution in [-0.4, -0.2) is 20.2 Å². The highest BCUT2D eigenvalue weighted by Crippen LogP contribution is 2.24. The molecular formula is C12H16FN5. The monoisotopic (exact) mass is 249 g/mol. The van der Waals surface area contributed by atoms with E-state index in [9.17, 15) is 4.39 Å². The van der Waals surface area contributed by atoms with E-state index < -0.39 is 0 Å². The lowest BCUT2D eigenvalue weighted by Crippen LogP contribution is -2.07. The van der Waals surface area contributed by atoms with Crippen LogP contribution in [0.25, 0.3) is 11.4 Å². The summed E-state index contributed by atoms with van der Waals surface area (Å²) in [6.45, 7) is 5.76. The molecule has 18 heavy (non-hydrogen) atoms. The molecule has 2 rings (SSSR count). The number of nitrogens with zero attached hydrogens (tertiary/aromatic N) is 4. The van der Waals surface area contributed by atoms with Gasteiger partial charge in [0.2, 0.25) is 5.82 Å². The molecule has 0 saturated heterocycles. The van der Waals surface area contributed by atoms with Crippen molar-refractivity contribution in [1.82, 2.24) is 20.2 Å². The highest BCUT2D eigenvalue weighted by Gasteiger charge is 2.14. The van der Waals surface area contributed by atoms with Gasteiger partial charge in [-0.3, -0.25) is 0 Å². The van der Waals surface area contributed by atoms with Crippen molar-refractivity contribution in [1.29, 1.82) is 0 Å². The second kappa shape index (κ2) is 4.72. The Morgan fingerprint density at radius 3 is 2.83 bits per heavy atom. The zero-order valence-electron chi connectivity index (χ0n) is 10.7. The Morgan fingerprint density at radius 1 is 1.44 bits per heavy atom. The summed E-state index contributed by atoms with van der Waals surface area (Å²) in [5.74, 6) is -0.120. The number of nitrogen functional groups attached to an aromatic ring is 1. The van der Waals surface area contributed by atoms with Crippen LogP contribution in [0.2, 0.25) is 0 Å². The quantitative estimate of drug-likeness (QED) is 0.848. The van der Waals surface area contributed by atoms with Crippen LogP contribution in [0.15, 0.2) is 12.1 Å². The highest BCUT2D eigenvalue weighted by atomic mass is 19.1. The van der Waals surface area contributed by atoms with E-state index >= 15 is 0 Å². The molecule has 6 heteroatoms. The summed E-state index contributed by atoms with van der Waals surface area (Å²) in [4.78, 5) is 1.49. The minimum atomic E-state index is -0.384. The van der Waals surface area contributed by atoms with E-state index in [4.69, 9.17) is 5.73 Å². The van der Waals surface area contributed by atoms with Crippen molar-refractivity contribution in [3.8, 4) is 11.4 Å². The van der Waals surface area contributed by atoms with E-state index in [1.54, 1.807) is 13.0 Å². The summed E-state index contributed by atoms with van der Waals surface area (Å²) >= 11 is 0. The number of rotatable bonds is 3. The van der Waals surface area contributed by atoms with E-state index in [0.29, 0.717) is 11.3 Å². The van der Waals surface area contributed by atoms with Gasteiger partial charge in [-0.1, -0.05) is 6.92 Å². The zero-order valence-corrected chi connectivity index (χ0v) is 10.7. The van der Waals surface area contributed by atoms with E-state index in [1.807, 2.05) is 13.8 Å². The van der Waals surface area contributed by atoms with Gasteiger partial charge in [0.25, 0.3) is 0 Å². The maximum Gasteiger partial charge on any atom is 0.207 e. The van der Waals surface area contributed by atoms with E-state index in [0.717, 1.165) is 6.42 Å². The fraction of sp³-hybridized carbons (Fsp3) is 0.417. The fourth-order valence-electron chi connectivity index (χ4n) is 1.54. The van der Waals surface area contributed by atoms with Gasteiger partial charge in [0.1, 0.15) is 5.82 Å². The molecule has 0 fully saturated rings. The van der Waals surface area contributed by atoms with Crippen LogP contribution in [0.4, 0.5) is 10.1 Å². The number of hydrogen-bond donors (Lipinski definition) is 1. The fourth-order valence-corrected chi connectivity index (χ4v) is 1.54. The molecule has 0 aliphatic carbocycles. The van der Waals surface area contributed by atoms with Gasteiger partial charge in [-0.25, -0.2) is 4.39 Å². The molecule has 2 aromatic rings. The number of anilines is 1. The molecule has 96 valence electrons. The first-order chi connectivity index (χ1) is 8.52. The van der Waals surface area contributed by atoms with Crippen LogP contribution >= 0.6 is 0 Å². The average molecular weight is 249 g/mol. The first-order valence-electron chi connectivity index (χ1n) is 5.88. The van der Waals surface area contributed by atoms with E-state index in [2.05, 4.69) is 15.4 Å². The predicted octanol–water partition coefficient (Wildman–Crippen LogP) is 2.34. The molecule has 1 unspecified atom stereocenters. The summed E-state index contributed by atoms with van der Waals surface area (Å²) in [5.41, 5.74) is 7.27. The summed E-state index contributed by atoms with van der Waals surface area (Å²) in [6.07, 6.45) is 0.883. The van der Waals surface area contributed by atoms with Crippen LogP contribution < -0.4 is 5.73 Å². The second-order valence-electron chi connectivity index (χ2n) is 4.38. The molecule has 1 heterocycles. The third kappa shape index (κ3) is 2.18. The van der Waals surface area contributed by atoms with Gasteiger partial charge in [-0.05, 0) is 43.2 Å². The van der Waals surface area contributed by atoms with Crippen LogP contribution in [0.3, 0.4) is 0 Å². The van der Waals surface area contributed by atoms with Crippen molar-refractivity contribution in [2.45, 2.75) is 33.2 Å². The van der Waals surface area contributed by atoms with Gasteiger partial charge in [0, 0.05) is 5.69 Å². The van der Waals surface area contributed by atoms with Crippen molar-refractivity contribution in [3.63, 3.8) is 0 Å². The van der Waals surface area contributed by atoms with Gasteiger partial charge >= 0.3 is 0 Å². The van der Waals surface area contributed by atoms with Crippen molar-refractivity contribution in [3.05, 3.63) is 23.5 Å². The lowest BCUT2D eigenvalue weighted by atomic mass is 10.1. The molecule has 0 saturated carbocycles. The first-order valence-corrected chi connectivity index (χ1v) is 5.88. The molecule has 0 radical (unpaired) electrons. The first kappa shape index (κ1) is 12.5. The van der Waals surface area contributed by atoms with Gasteiger partial charge in [0.15, 0.2) is 0 Å². The standard InChI is InChI=1S/C12H16FN5/c1-4-8(3)18-16-12(15-17-18)9-6-11(14)7(2)5-10(9)13/h5-6,8H,4,14H2,1-3H3. The van der Waals surface area contributed by atoms with Crippen molar-refractivity contribution in [2.24, 2.45) is 0 Å². The van der Waals surface area contributed by atoms with Crippen LogP contribution in [0.5, 0.6) is 0 Å². The smallest absolute Gasteiger partial charge is 0.207 e. The highest BCUT2D eigenvalue weighted by molar-refractivity contribution is 5.63. The van der Waals surface area contributed by atoms with Crippen molar-refractivity contribution < 1.29 is 4.39 Å². The molecule has 1 atom stereocenters. The van der Waals surface area contributed by atoms with Gasteiger partial charge < -0.3 is 5.73 Å². The van der Waals surface area contributed by atoms with E-state index in [1.165, 1.54) is 10.9 Å². The number of aryl methyl sites for hydroxylation is 1. The summed E-state index contributed by atoms with van der Waals surface area (Å²) in [7, 11) is 0. The number of halogens is 1. The maximum atomic E-state index is 13.8. The van der Waals surface area contributed by atoms with Gasteiger partial charge in [-0.15, -0.1) is 10.2 Å². The Bertz CT molecular complexity index is 564. The van der Waals surface area contributed by atoms with E-state index in [-0.39, 0.29) is 23.2 Å². The topological polar surface area (TPSA) is 69.6 Å². The van der Waals surface area contributed by atoms with Crippen molar-refractivity contribution >= 4 is 5.69 Å². The SMILES string of the molecule is CCC(C)n1nnc(-c2cc(N)c(C)cc2F)n1. The summed E-state index contributed by atoms with van der Waals surface area (Å²) < 4.78 is 13.8. The van der Waals surface area contributed by atoms with Gasteiger partial charge in [0.05, 0.1) is 11.6 Å². The number of nitrogens with two attached hydrogens (primary N) is 1. The summed E-state index contributed by atoms with van der Waals surface area (Å²) in [5, 5.41) is 12.0. The lowest BCUT2D eigenvalue weighted by molar-refractivity contribution is 0.414. The average Bonchev–Trinajstić information content (AvgIpc) is 2.82. The molecule has 0 bridgehead atoms. The largest absolute Gasteiger partial charge is 0.398 e. The van der Waals surface area contributed by atoms with Crippen LogP contribution in [0, 0.1) is 12.7 Å². The molecule has 1 aromatic heterocycles. The van der Waals surface area contributed by atoms with Gasteiger partial charge in [-0.2, -0.15) is 4.80 Å². The Hall–Kier alpha value is -1.98. The predicted molar refractivity (Wildman–Crippen MR) is 67.4 cm³/mol. The Balaban J connectivity index is 2.43. The Morgan fingerprint density at radius 2 is 2.17 bits per heavy atom. The second-order valence-corrected chi connectivity index (χ2v) is 4.38. The molecular weight excluding hydrogens is 233 g/mol. The lowest BCUT2D eigenvalue weighted by Gasteiger charge is -2.05. The molecule has 1 aromatic carbocycles. The number of aromatic nitrogens is 4. The minimum absolute atomic E-state index is 0.136. The van der Waals surface area contributed by atoms with Crippen LogP contribution in [-0.2, 0) is 0 Å². The number of hydrogen-bond acceptors (Lipinski definition) is 4. The molecule has 0 amide bonds. The third-order valence-corrected chi connectivity index (χ3v) is 3.01. The third-order valence-electron chi connectivity index (χ3n) is 3.01. The Kier molecular flexibility index (Phi) is 3.27. The number of tetrazole rings is 1. The summed E-state index contributed by atoms with van der Waals surface area (Å²) in [6, 6.07) is 3.06. The maximum absolute atomic E-state index is 13.8. The molecule has 0 aliphatic heterocycles. The Labute approximate surface area is 105 Å². The van der Waals surface area contributed by atoms with Crippen molar-refractivity contribution in [2.75, 3.05) is 5.73 Å².